The molecule has 1 unspecified atom stereocenters. The molecule has 2 rings (SSSR count). The van der Waals surface area contributed by atoms with Gasteiger partial charge in [-0.3, -0.25) is 4.68 Å². The number of rotatable bonds is 6. The number of anilines is 1. The second kappa shape index (κ2) is 6.75. The average Bonchev–Trinajstić information content (AvgIpc) is 2.76. The quantitative estimate of drug-likeness (QED) is 0.827. The molecule has 2 heterocycles. The van der Waals surface area contributed by atoms with E-state index in [1.807, 2.05) is 16.9 Å². The fourth-order valence-electron chi connectivity index (χ4n) is 2.49. The zero-order valence-electron chi connectivity index (χ0n) is 11.2. The van der Waals surface area contributed by atoms with E-state index in [4.69, 9.17) is 10.5 Å². The van der Waals surface area contributed by atoms with Crippen molar-refractivity contribution >= 4 is 5.82 Å². The van der Waals surface area contributed by atoms with Crippen LogP contribution in [0.5, 0.6) is 0 Å². The molecule has 0 amide bonds. The molecular formula is C13H24N4O. The van der Waals surface area contributed by atoms with Crippen LogP contribution >= 0.6 is 0 Å². The fraction of sp³-hybridized carbons (Fsp3) is 0.769. The standard InChI is InChI=1S/C13H24N4O/c1-16(10-12-4-2-9-18-11-12)6-3-7-17-8-5-13(14)15-17/h5,8,12H,2-4,6-7,9-11H2,1H3,(H2,14,15). The maximum atomic E-state index is 5.58. The molecule has 0 radical (unpaired) electrons. The highest BCUT2D eigenvalue weighted by molar-refractivity contribution is 5.23. The Bertz CT molecular complexity index is 347. The molecule has 0 spiro atoms. The van der Waals surface area contributed by atoms with E-state index in [0.29, 0.717) is 11.7 Å². The zero-order valence-corrected chi connectivity index (χ0v) is 11.2. The third-order valence-electron chi connectivity index (χ3n) is 3.41. The highest BCUT2D eigenvalue weighted by Crippen LogP contribution is 2.14. The minimum Gasteiger partial charge on any atom is -0.382 e. The number of aryl methyl sites for hydroxylation is 1. The number of nitrogens with zero attached hydrogens (tertiary/aromatic N) is 3. The number of hydrogen-bond acceptors (Lipinski definition) is 4. The first kappa shape index (κ1) is 13.4. The number of nitrogens with two attached hydrogens (primary N) is 1. The molecule has 5 nitrogen and oxygen atoms in total. The van der Waals surface area contributed by atoms with Crippen LogP contribution in [0.25, 0.3) is 0 Å². The molecule has 18 heavy (non-hydrogen) atoms. The third kappa shape index (κ3) is 4.31. The Labute approximate surface area is 109 Å². The predicted octanol–water partition coefficient (Wildman–Crippen LogP) is 1.21. The summed E-state index contributed by atoms with van der Waals surface area (Å²) in [5.74, 6) is 1.31. The van der Waals surface area contributed by atoms with Crippen LogP contribution in [0.1, 0.15) is 19.3 Å². The van der Waals surface area contributed by atoms with Crippen molar-refractivity contribution in [2.45, 2.75) is 25.8 Å². The van der Waals surface area contributed by atoms with Gasteiger partial charge in [0.1, 0.15) is 5.82 Å². The second-order valence-corrected chi connectivity index (χ2v) is 5.20. The van der Waals surface area contributed by atoms with Crippen molar-refractivity contribution < 1.29 is 4.74 Å². The smallest absolute Gasteiger partial charge is 0.145 e. The lowest BCUT2D eigenvalue weighted by Gasteiger charge is -2.27. The number of nitrogen functional groups attached to an aromatic ring is 1. The van der Waals surface area contributed by atoms with E-state index in [1.165, 1.54) is 12.8 Å². The normalized spacial score (nSPS) is 20.4. The highest BCUT2D eigenvalue weighted by Gasteiger charge is 2.15. The van der Waals surface area contributed by atoms with E-state index < -0.39 is 0 Å². The van der Waals surface area contributed by atoms with Crippen molar-refractivity contribution in [2.24, 2.45) is 5.92 Å². The Balaban J connectivity index is 1.60. The van der Waals surface area contributed by atoms with E-state index in [0.717, 1.165) is 39.3 Å². The van der Waals surface area contributed by atoms with Gasteiger partial charge in [0.2, 0.25) is 0 Å². The first-order valence-electron chi connectivity index (χ1n) is 6.79. The van der Waals surface area contributed by atoms with Crippen LogP contribution < -0.4 is 5.73 Å². The van der Waals surface area contributed by atoms with Gasteiger partial charge in [-0.1, -0.05) is 0 Å². The number of hydrogen-bond donors (Lipinski definition) is 1. The van der Waals surface area contributed by atoms with Crippen LogP contribution in [0.15, 0.2) is 12.3 Å². The summed E-state index contributed by atoms with van der Waals surface area (Å²) < 4.78 is 7.41. The van der Waals surface area contributed by atoms with Gasteiger partial charge in [-0.05, 0) is 44.8 Å². The van der Waals surface area contributed by atoms with Crippen molar-refractivity contribution in [3.05, 3.63) is 12.3 Å². The van der Waals surface area contributed by atoms with E-state index in [9.17, 15) is 0 Å². The van der Waals surface area contributed by atoms with Crippen LogP contribution in [0.2, 0.25) is 0 Å². The van der Waals surface area contributed by atoms with Crippen molar-refractivity contribution in [1.82, 2.24) is 14.7 Å². The molecule has 1 saturated heterocycles. The number of ether oxygens (including phenoxy) is 1. The molecule has 0 saturated carbocycles. The monoisotopic (exact) mass is 252 g/mol. The second-order valence-electron chi connectivity index (χ2n) is 5.20. The number of aromatic nitrogens is 2. The molecule has 1 aliphatic rings. The molecule has 1 aromatic rings. The fourth-order valence-corrected chi connectivity index (χ4v) is 2.49. The first-order chi connectivity index (χ1) is 8.74. The minimum absolute atomic E-state index is 0.600. The molecular weight excluding hydrogens is 228 g/mol. The zero-order chi connectivity index (χ0) is 12.8. The maximum Gasteiger partial charge on any atom is 0.145 e. The molecule has 102 valence electrons. The molecule has 0 aromatic carbocycles. The van der Waals surface area contributed by atoms with Crippen molar-refractivity contribution in [3.63, 3.8) is 0 Å². The SMILES string of the molecule is CN(CCCn1ccc(N)n1)CC1CCCOC1. The lowest BCUT2D eigenvalue weighted by molar-refractivity contribution is 0.0418. The molecule has 1 aromatic heterocycles. The van der Waals surface area contributed by atoms with Crippen molar-refractivity contribution in [3.8, 4) is 0 Å². The Kier molecular flexibility index (Phi) is 5.01. The van der Waals surface area contributed by atoms with E-state index in [2.05, 4.69) is 17.0 Å². The van der Waals surface area contributed by atoms with Crippen LogP contribution in [0, 0.1) is 5.92 Å². The van der Waals surface area contributed by atoms with Crippen molar-refractivity contribution in [1.29, 1.82) is 0 Å². The Morgan fingerprint density at radius 3 is 3.17 bits per heavy atom. The molecule has 0 bridgehead atoms. The van der Waals surface area contributed by atoms with Gasteiger partial charge >= 0.3 is 0 Å². The van der Waals surface area contributed by atoms with E-state index >= 15 is 0 Å². The summed E-state index contributed by atoms with van der Waals surface area (Å²) in [6.07, 6.45) is 5.56. The summed E-state index contributed by atoms with van der Waals surface area (Å²) >= 11 is 0. The third-order valence-corrected chi connectivity index (χ3v) is 3.41. The van der Waals surface area contributed by atoms with Crippen LogP contribution in [0.4, 0.5) is 5.82 Å². The Morgan fingerprint density at radius 1 is 1.61 bits per heavy atom. The lowest BCUT2D eigenvalue weighted by Crippen LogP contribution is -2.31. The molecule has 1 atom stereocenters. The van der Waals surface area contributed by atoms with Crippen molar-refractivity contribution in [2.75, 3.05) is 39.1 Å². The molecule has 5 heteroatoms. The largest absolute Gasteiger partial charge is 0.382 e. The molecule has 1 aliphatic heterocycles. The van der Waals surface area contributed by atoms with Gasteiger partial charge in [-0.25, -0.2) is 0 Å². The summed E-state index contributed by atoms with van der Waals surface area (Å²) in [5.41, 5.74) is 5.58. The predicted molar refractivity (Wildman–Crippen MR) is 72.3 cm³/mol. The van der Waals surface area contributed by atoms with Gasteiger partial charge in [-0.15, -0.1) is 0 Å². The van der Waals surface area contributed by atoms with Gasteiger partial charge in [0, 0.05) is 25.9 Å². The van der Waals surface area contributed by atoms with Crippen LogP contribution in [0.3, 0.4) is 0 Å². The summed E-state index contributed by atoms with van der Waals surface area (Å²) in [7, 11) is 2.19. The lowest BCUT2D eigenvalue weighted by atomic mass is 10.0. The first-order valence-corrected chi connectivity index (χ1v) is 6.79. The van der Waals surface area contributed by atoms with Gasteiger partial charge in [0.05, 0.1) is 6.61 Å². The summed E-state index contributed by atoms with van der Waals surface area (Å²) in [6, 6.07) is 1.84. The average molecular weight is 252 g/mol. The van der Waals surface area contributed by atoms with E-state index in [1.54, 1.807) is 0 Å². The minimum atomic E-state index is 0.600. The van der Waals surface area contributed by atoms with E-state index in [-0.39, 0.29) is 0 Å². The molecule has 2 N–H and O–H groups in total. The molecule has 0 aliphatic carbocycles. The van der Waals surface area contributed by atoms with Gasteiger partial charge < -0.3 is 15.4 Å². The molecule has 1 fully saturated rings. The summed E-state index contributed by atoms with van der Waals surface area (Å²) in [5, 5.41) is 4.18. The highest BCUT2D eigenvalue weighted by atomic mass is 16.5. The maximum absolute atomic E-state index is 5.58. The Hall–Kier alpha value is -1.07. The Morgan fingerprint density at radius 2 is 2.50 bits per heavy atom. The van der Waals surface area contributed by atoms with Crippen LogP contribution in [-0.2, 0) is 11.3 Å². The van der Waals surface area contributed by atoms with Gasteiger partial charge in [0.15, 0.2) is 0 Å². The van der Waals surface area contributed by atoms with Gasteiger partial charge in [0.25, 0.3) is 0 Å². The van der Waals surface area contributed by atoms with Crippen LogP contribution in [-0.4, -0.2) is 48.0 Å². The topological polar surface area (TPSA) is 56.3 Å². The summed E-state index contributed by atoms with van der Waals surface area (Å²) in [4.78, 5) is 2.40. The van der Waals surface area contributed by atoms with Gasteiger partial charge in [-0.2, -0.15) is 5.10 Å². The summed E-state index contributed by atoms with van der Waals surface area (Å²) in [6.45, 7) is 5.04.